The molecule has 0 saturated carbocycles. The molecule has 1 saturated heterocycles. The lowest BCUT2D eigenvalue weighted by molar-refractivity contribution is 0.158. The first kappa shape index (κ1) is 16.7. The normalized spacial score (nSPS) is 16.1. The van der Waals surface area contributed by atoms with Gasteiger partial charge in [-0.15, -0.1) is 0 Å². The third kappa shape index (κ3) is 4.43. The van der Waals surface area contributed by atoms with Gasteiger partial charge in [0.2, 0.25) is 5.95 Å². The van der Waals surface area contributed by atoms with Crippen molar-refractivity contribution in [2.24, 2.45) is 0 Å². The third-order valence-corrected chi connectivity index (χ3v) is 4.35. The van der Waals surface area contributed by atoms with Crippen LogP contribution in [0.1, 0.15) is 0 Å². The van der Waals surface area contributed by atoms with Gasteiger partial charge in [0.25, 0.3) is 0 Å². The van der Waals surface area contributed by atoms with Gasteiger partial charge in [-0.2, -0.15) is 4.98 Å². The Labute approximate surface area is 143 Å². The fourth-order valence-electron chi connectivity index (χ4n) is 2.82. The predicted octanol–water partition coefficient (Wildman–Crippen LogP) is 1.84. The van der Waals surface area contributed by atoms with E-state index < -0.39 is 0 Å². The monoisotopic (exact) mass is 326 g/mol. The zero-order valence-corrected chi connectivity index (χ0v) is 14.5. The summed E-state index contributed by atoms with van der Waals surface area (Å²) in [5.74, 6) is 1.50. The highest BCUT2D eigenvalue weighted by atomic mass is 15.3. The molecule has 2 N–H and O–H groups in total. The Bertz CT molecular complexity index is 637. The Hall–Kier alpha value is -2.18. The van der Waals surface area contributed by atoms with Crippen LogP contribution in [0.15, 0.2) is 36.4 Å². The quantitative estimate of drug-likeness (QED) is 0.845. The summed E-state index contributed by atoms with van der Waals surface area (Å²) >= 11 is 0. The molecule has 1 aromatic heterocycles. The molecule has 24 heavy (non-hydrogen) atoms. The van der Waals surface area contributed by atoms with Crippen molar-refractivity contribution in [3.8, 4) is 11.3 Å². The van der Waals surface area contributed by atoms with Gasteiger partial charge in [-0.05, 0) is 7.05 Å². The maximum Gasteiger partial charge on any atom is 0.224 e. The van der Waals surface area contributed by atoms with Crippen molar-refractivity contribution in [2.45, 2.75) is 0 Å². The molecule has 1 aliphatic rings. The van der Waals surface area contributed by atoms with E-state index in [0.29, 0.717) is 5.95 Å². The summed E-state index contributed by atoms with van der Waals surface area (Å²) < 4.78 is 0. The minimum Gasteiger partial charge on any atom is -0.369 e. The number of hydrogen-bond donors (Lipinski definition) is 2. The Kier molecular flexibility index (Phi) is 5.61. The van der Waals surface area contributed by atoms with E-state index in [1.54, 1.807) is 0 Å². The highest BCUT2D eigenvalue weighted by Gasteiger charge is 2.13. The Morgan fingerprint density at radius 3 is 2.50 bits per heavy atom. The lowest BCUT2D eigenvalue weighted by atomic mass is 10.1. The zero-order chi connectivity index (χ0) is 16.8. The summed E-state index contributed by atoms with van der Waals surface area (Å²) in [4.78, 5) is 13.9. The molecule has 3 rings (SSSR count). The second kappa shape index (κ2) is 8.08. The van der Waals surface area contributed by atoms with Crippen LogP contribution in [0.5, 0.6) is 0 Å². The van der Waals surface area contributed by atoms with Gasteiger partial charge in [0.1, 0.15) is 5.82 Å². The highest BCUT2D eigenvalue weighted by molar-refractivity contribution is 5.64. The van der Waals surface area contributed by atoms with Crippen LogP contribution in [-0.4, -0.2) is 73.1 Å². The molecule has 0 spiro atoms. The standard InChI is InChI=1S/C18H26N6/c1-19-18-21-16(15-6-4-3-5-7-15)14-17(22-18)20-8-9-24-12-10-23(2)11-13-24/h3-7,14H,8-13H2,1-2H3,(H2,19,20,21,22). The van der Waals surface area contributed by atoms with Gasteiger partial charge in [0.15, 0.2) is 0 Å². The van der Waals surface area contributed by atoms with Crippen LogP contribution < -0.4 is 10.6 Å². The first-order valence-corrected chi connectivity index (χ1v) is 8.51. The van der Waals surface area contributed by atoms with Gasteiger partial charge in [0.05, 0.1) is 5.69 Å². The number of nitrogens with zero attached hydrogens (tertiary/aromatic N) is 4. The van der Waals surface area contributed by atoms with Crippen LogP contribution in [0.4, 0.5) is 11.8 Å². The van der Waals surface area contributed by atoms with E-state index in [-0.39, 0.29) is 0 Å². The van der Waals surface area contributed by atoms with Gasteiger partial charge in [-0.3, -0.25) is 4.90 Å². The number of benzene rings is 1. The smallest absolute Gasteiger partial charge is 0.224 e. The summed E-state index contributed by atoms with van der Waals surface area (Å²) in [6.45, 7) is 6.49. The summed E-state index contributed by atoms with van der Waals surface area (Å²) in [7, 11) is 4.03. The van der Waals surface area contributed by atoms with E-state index in [2.05, 4.69) is 49.6 Å². The molecule has 2 aromatic rings. The van der Waals surface area contributed by atoms with Crippen molar-refractivity contribution in [1.29, 1.82) is 0 Å². The van der Waals surface area contributed by atoms with Crippen molar-refractivity contribution in [1.82, 2.24) is 19.8 Å². The van der Waals surface area contributed by atoms with Crippen molar-refractivity contribution in [3.63, 3.8) is 0 Å². The second-order valence-corrected chi connectivity index (χ2v) is 6.15. The number of hydrogen-bond acceptors (Lipinski definition) is 6. The molecule has 6 nitrogen and oxygen atoms in total. The van der Waals surface area contributed by atoms with Gasteiger partial charge in [-0.25, -0.2) is 4.98 Å². The number of rotatable bonds is 6. The number of likely N-dealkylation sites (N-methyl/N-ethyl adjacent to an activating group) is 1. The number of piperazine rings is 1. The Balaban J connectivity index is 1.62. The van der Waals surface area contributed by atoms with E-state index in [1.165, 1.54) is 0 Å². The van der Waals surface area contributed by atoms with Crippen LogP contribution in [0.3, 0.4) is 0 Å². The van der Waals surface area contributed by atoms with E-state index in [4.69, 9.17) is 0 Å². The molecule has 128 valence electrons. The molecular weight excluding hydrogens is 300 g/mol. The maximum absolute atomic E-state index is 4.55. The van der Waals surface area contributed by atoms with Gasteiger partial charge >= 0.3 is 0 Å². The van der Waals surface area contributed by atoms with Crippen molar-refractivity contribution >= 4 is 11.8 Å². The molecular formula is C18H26N6. The summed E-state index contributed by atoms with van der Waals surface area (Å²) in [6, 6.07) is 12.2. The summed E-state index contributed by atoms with van der Waals surface area (Å²) in [6.07, 6.45) is 0. The van der Waals surface area contributed by atoms with Gasteiger partial charge < -0.3 is 15.5 Å². The molecule has 0 bridgehead atoms. The number of nitrogens with one attached hydrogen (secondary N) is 2. The second-order valence-electron chi connectivity index (χ2n) is 6.15. The summed E-state index contributed by atoms with van der Waals surface area (Å²) in [5, 5.41) is 6.49. The van der Waals surface area contributed by atoms with Crippen LogP contribution in [-0.2, 0) is 0 Å². The average molecular weight is 326 g/mol. The molecule has 0 atom stereocenters. The fourth-order valence-corrected chi connectivity index (χ4v) is 2.82. The zero-order valence-electron chi connectivity index (χ0n) is 14.5. The van der Waals surface area contributed by atoms with E-state index >= 15 is 0 Å². The lowest BCUT2D eigenvalue weighted by Crippen LogP contribution is -2.45. The molecule has 1 fully saturated rings. The first-order valence-electron chi connectivity index (χ1n) is 8.51. The highest BCUT2D eigenvalue weighted by Crippen LogP contribution is 2.21. The molecule has 2 heterocycles. The Morgan fingerprint density at radius 1 is 1.04 bits per heavy atom. The molecule has 0 radical (unpaired) electrons. The van der Waals surface area contributed by atoms with E-state index in [0.717, 1.165) is 56.3 Å². The average Bonchev–Trinajstić information content (AvgIpc) is 2.64. The largest absolute Gasteiger partial charge is 0.369 e. The summed E-state index contributed by atoms with van der Waals surface area (Å²) in [5.41, 5.74) is 2.02. The lowest BCUT2D eigenvalue weighted by Gasteiger charge is -2.32. The number of anilines is 2. The molecule has 0 aliphatic carbocycles. The molecule has 1 aromatic carbocycles. The molecule has 0 unspecified atom stereocenters. The van der Waals surface area contributed by atoms with Gasteiger partial charge in [-0.1, -0.05) is 30.3 Å². The SMILES string of the molecule is CNc1nc(NCCN2CCN(C)CC2)cc(-c2ccccc2)n1. The van der Waals surface area contributed by atoms with E-state index in [9.17, 15) is 0 Å². The van der Waals surface area contributed by atoms with Crippen LogP contribution >= 0.6 is 0 Å². The van der Waals surface area contributed by atoms with Crippen molar-refractivity contribution < 1.29 is 0 Å². The van der Waals surface area contributed by atoms with Crippen molar-refractivity contribution in [3.05, 3.63) is 36.4 Å². The molecule has 0 amide bonds. The molecule has 1 aliphatic heterocycles. The van der Waals surface area contributed by atoms with E-state index in [1.807, 2.05) is 31.3 Å². The fraction of sp³-hybridized carbons (Fsp3) is 0.444. The van der Waals surface area contributed by atoms with Crippen LogP contribution in [0.2, 0.25) is 0 Å². The van der Waals surface area contributed by atoms with Crippen molar-refractivity contribution in [2.75, 3.05) is 64.0 Å². The minimum absolute atomic E-state index is 0.637. The topological polar surface area (TPSA) is 56.3 Å². The number of aromatic nitrogens is 2. The third-order valence-electron chi connectivity index (χ3n) is 4.35. The predicted molar refractivity (Wildman–Crippen MR) is 99.4 cm³/mol. The first-order chi connectivity index (χ1) is 11.7. The van der Waals surface area contributed by atoms with Crippen LogP contribution in [0.25, 0.3) is 11.3 Å². The maximum atomic E-state index is 4.55. The Morgan fingerprint density at radius 2 is 1.79 bits per heavy atom. The molecule has 6 heteroatoms. The van der Waals surface area contributed by atoms with Crippen LogP contribution in [0, 0.1) is 0 Å². The van der Waals surface area contributed by atoms with Gasteiger partial charge in [0, 0.05) is 57.9 Å². The minimum atomic E-state index is 0.637.